The van der Waals surface area contributed by atoms with Crippen molar-refractivity contribution in [1.29, 1.82) is 0 Å². The molecule has 0 heteroatoms. The van der Waals surface area contributed by atoms with Gasteiger partial charge in [0, 0.05) is 0 Å². The van der Waals surface area contributed by atoms with Crippen molar-refractivity contribution in [3.8, 4) is 0 Å². The lowest BCUT2D eigenvalue weighted by molar-refractivity contribution is 0.480. The maximum Gasteiger partial charge on any atom is -0.0353 e. The quantitative estimate of drug-likeness (QED) is 0.389. The number of allylic oxidation sites excluding steroid dienone is 1. The van der Waals surface area contributed by atoms with Gasteiger partial charge in [0.15, 0.2) is 0 Å². The van der Waals surface area contributed by atoms with Crippen LogP contribution < -0.4 is 0 Å². The molecule has 0 aromatic rings. The molecule has 0 saturated heterocycles. The molecule has 1 atom stereocenters. The van der Waals surface area contributed by atoms with Gasteiger partial charge in [-0.1, -0.05) is 39.2 Å². The Balaban J connectivity index is 3.04. The van der Waals surface area contributed by atoms with Gasteiger partial charge < -0.3 is 0 Å². The van der Waals surface area contributed by atoms with Crippen LogP contribution in [0.2, 0.25) is 0 Å². The number of unbranched alkanes of at least 4 members (excludes halogenated alkanes) is 1. The van der Waals surface area contributed by atoms with Crippen molar-refractivity contribution in [2.24, 2.45) is 5.92 Å². The van der Waals surface area contributed by atoms with E-state index < -0.39 is 0 Å². The van der Waals surface area contributed by atoms with E-state index in [2.05, 4.69) is 20.4 Å². The van der Waals surface area contributed by atoms with E-state index in [4.69, 9.17) is 0 Å². The van der Waals surface area contributed by atoms with Gasteiger partial charge in [-0.05, 0) is 18.8 Å². The molecule has 59 valence electrons. The molecule has 0 rings (SSSR count). The van der Waals surface area contributed by atoms with Crippen LogP contribution in [0.4, 0.5) is 0 Å². The Morgan fingerprint density at radius 2 is 2.10 bits per heavy atom. The van der Waals surface area contributed by atoms with Crippen LogP contribution in [0.1, 0.15) is 39.0 Å². The predicted octanol–water partition coefficient (Wildman–Crippen LogP) is 3.59. The topological polar surface area (TPSA) is 0 Å². The first-order valence-corrected chi connectivity index (χ1v) is 4.21. The van der Waals surface area contributed by atoms with Crippen LogP contribution in [0, 0.1) is 12.8 Å². The average Bonchev–Trinajstić information content (AvgIpc) is 1.89. The monoisotopic (exact) mass is 139 g/mol. The lowest BCUT2D eigenvalue weighted by Gasteiger charge is -2.07. The van der Waals surface area contributed by atoms with Crippen LogP contribution in [0.3, 0.4) is 0 Å². The summed E-state index contributed by atoms with van der Waals surface area (Å²) in [6, 6.07) is 0. The third kappa shape index (κ3) is 5.87. The molecule has 0 aliphatic rings. The standard InChI is InChI=1S/C10H19/c1-4-6-7-9-10(3)8-5-2/h4,10H,1-2,5-9H2,3H3. The zero-order valence-electron chi connectivity index (χ0n) is 7.10. The Labute approximate surface area is 65.3 Å². The van der Waals surface area contributed by atoms with Crippen LogP contribution in [0.15, 0.2) is 12.7 Å². The molecule has 0 heterocycles. The molecular formula is C10H19. The van der Waals surface area contributed by atoms with E-state index >= 15 is 0 Å². The smallest absolute Gasteiger partial charge is 0.0353 e. The maximum atomic E-state index is 3.83. The molecular weight excluding hydrogens is 120 g/mol. The van der Waals surface area contributed by atoms with E-state index in [-0.39, 0.29) is 0 Å². The second-order valence-corrected chi connectivity index (χ2v) is 2.97. The maximum absolute atomic E-state index is 3.83. The minimum absolute atomic E-state index is 0.859. The highest BCUT2D eigenvalue weighted by Crippen LogP contribution is 2.13. The highest BCUT2D eigenvalue weighted by atomic mass is 14.0. The second-order valence-electron chi connectivity index (χ2n) is 2.97. The van der Waals surface area contributed by atoms with E-state index in [1.54, 1.807) is 0 Å². The summed E-state index contributed by atoms with van der Waals surface area (Å²) < 4.78 is 0. The van der Waals surface area contributed by atoms with Crippen molar-refractivity contribution in [2.45, 2.75) is 39.0 Å². The van der Waals surface area contributed by atoms with Gasteiger partial charge in [0.2, 0.25) is 0 Å². The Kier molecular flexibility index (Phi) is 6.68. The first kappa shape index (κ1) is 9.74. The third-order valence-corrected chi connectivity index (χ3v) is 1.80. The Bertz CT molecular complexity index is 74.1. The van der Waals surface area contributed by atoms with Crippen molar-refractivity contribution in [1.82, 2.24) is 0 Å². The van der Waals surface area contributed by atoms with Crippen LogP contribution in [-0.4, -0.2) is 0 Å². The van der Waals surface area contributed by atoms with E-state index in [0.717, 1.165) is 12.3 Å². The molecule has 0 nitrogen and oxygen atoms in total. The minimum atomic E-state index is 0.859. The summed E-state index contributed by atoms with van der Waals surface area (Å²) in [7, 11) is 0. The van der Waals surface area contributed by atoms with Crippen molar-refractivity contribution >= 4 is 0 Å². The number of rotatable bonds is 6. The Hall–Kier alpha value is -0.260. The lowest BCUT2D eigenvalue weighted by atomic mass is 9.99. The van der Waals surface area contributed by atoms with E-state index in [9.17, 15) is 0 Å². The van der Waals surface area contributed by atoms with Crippen LogP contribution in [-0.2, 0) is 0 Å². The summed E-state index contributed by atoms with van der Waals surface area (Å²) in [5.41, 5.74) is 0. The molecule has 0 spiro atoms. The molecule has 0 aromatic carbocycles. The van der Waals surface area contributed by atoms with Crippen molar-refractivity contribution in [3.05, 3.63) is 19.6 Å². The summed E-state index contributed by atoms with van der Waals surface area (Å²) >= 11 is 0. The molecule has 0 aliphatic heterocycles. The molecule has 0 fully saturated rings. The second kappa shape index (κ2) is 6.85. The van der Waals surface area contributed by atoms with Gasteiger partial charge >= 0.3 is 0 Å². The summed E-state index contributed by atoms with van der Waals surface area (Å²) in [6.07, 6.45) is 8.15. The molecule has 0 bridgehead atoms. The SMILES string of the molecule is [CH2]CCC(C)CCCC=C. The van der Waals surface area contributed by atoms with Crippen LogP contribution in [0.5, 0.6) is 0 Å². The van der Waals surface area contributed by atoms with Crippen LogP contribution in [0.25, 0.3) is 0 Å². The molecule has 1 unspecified atom stereocenters. The predicted molar refractivity (Wildman–Crippen MR) is 47.8 cm³/mol. The highest BCUT2D eigenvalue weighted by Gasteiger charge is 1.97. The van der Waals surface area contributed by atoms with Gasteiger partial charge in [-0.3, -0.25) is 0 Å². The van der Waals surface area contributed by atoms with E-state index in [0.29, 0.717) is 0 Å². The summed E-state index contributed by atoms with van der Waals surface area (Å²) in [5.74, 6) is 0.859. The lowest BCUT2D eigenvalue weighted by Crippen LogP contribution is -1.92. The zero-order valence-corrected chi connectivity index (χ0v) is 7.10. The molecule has 0 saturated carbocycles. The van der Waals surface area contributed by atoms with Crippen LogP contribution >= 0.6 is 0 Å². The molecule has 0 aliphatic carbocycles. The average molecular weight is 139 g/mol. The van der Waals surface area contributed by atoms with Gasteiger partial charge in [0.05, 0.1) is 0 Å². The Morgan fingerprint density at radius 3 is 2.60 bits per heavy atom. The van der Waals surface area contributed by atoms with Crippen molar-refractivity contribution in [2.75, 3.05) is 0 Å². The van der Waals surface area contributed by atoms with Gasteiger partial charge in [-0.25, -0.2) is 0 Å². The molecule has 10 heavy (non-hydrogen) atoms. The molecule has 1 radical (unpaired) electrons. The van der Waals surface area contributed by atoms with Crippen molar-refractivity contribution in [3.63, 3.8) is 0 Å². The highest BCUT2D eigenvalue weighted by molar-refractivity contribution is 4.66. The fourth-order valence-electron chi connectivity index (χ4n) is 1.10. The summed E-state index contributed by atoms with van der Waals surface area (Å²) in [4.78, 5) is 0. The summed E-state index contributed by atoms with van der Waals surface area (Å²) in [6.45, 7) is 9.82. The Morgan fingerprint density at radius 1 is 1.40 bits per heavy atom. The zero-order chi connectivity index (χ0) is 7.82. The fraction of sp³-hybridized carbons (Fsp3) is 0.700. The van der Waals surface area contributed by atoms with E-state index in [1.807, 2.05) is 6.08 Å². The number of hydrogen-bond acceptors (Lipinski definition) is 0. The normalized spacial score (nSPS) is 13.0. The van der Waals surface area contributed by atoms with Gasteiger partial charge in [0.1, 0.15) is 0 Å². The van der Waals surface area contributed by atoms with E-state index in [1.165, 1.54) is 25.7 Å². The summed E-state index contributed by atoms with van der Waals surface area (Å²) in [5, 5.41) is 0. The molecule has 0 amide bonds. The minimum Gasteiger partial charge on any atom is -0.103 e. The largest absolute Gasteiger partial charge is 0.103 e. The molecule has 0 N–H and O–H groups in total. The van der Waals surface area contributed by atoms with Gasteiger partial charge in [0.25, 0.3) is 0 Å². The first-order chi connectivity index (χ1) is 4.81. The first-order valence-electron chi connectivity index (χ1n) is 4.21. The fourth-order valence-corrected chi connectivity index (χ4v) is 1.10. The number of hydrogen-bond donors (Lipinski definition) is 0. The van der Waals surface area contributed by atoms with Gasteiger partial charge in [-0.15, -0.1) is 6.58 Å². The molecule has 0 aromatic heterocycles. The van der Waals surface area contributed by atoms with Crippen molar-refractivity contribution < 1.29 is 0 Å². The van der Waals surface area contributed by atoms with Gasteiger partial charge in [-0.2, -0.15) is 0 Å². The third-order valence-electron chi connectivity index (χ3n) is 1.80.